The Bertz CT molecular complexity index is 770. The van der Waals surface area contributed by atoms with Crippen LogP contribution in [0, 0.1) is 0 Å². The van der Waals surface area contributed by atoms with Crippen molar-refractivity contribution in [3.63, 3.8) is 0 Å². The molecular formula is C22H28N4O3. The fourth-order valence-corrected chi connectivity index (χ4v) is 3.18. The first kappa shape index (κ1) is 21.0. The number of hydrogen-bond acceptors (Lipinski definition) is 5. The lowest BCUT2D eigenvalue weighted by atomic mass is 10.0. The Morgan fingerprint density at radius 2 is 1.66 bits per heavy atom. The summed E-state index contributed by atoms with van der Waals surface area (Å²) in [6, 6.07) is 19.7. The highest BCUT2D eigenvalue weighted by atomic mass is 16.5. The zero-order valence-corrected chi connectivity index (χ0v) is 16.4. The molecule has 0 aliphatic carbocycles. The van der Waals surface area contributed by atoms with E-state index in [1.165, 1.54) is 5.56 Å². The maximum Gasteiger partial charge on any atom is 0.256 e. The number of amides is 2. The normalized spacial score (nSPS) is 18.3. The molecule has 0 saturated carbocycles. The van der Waals surface area contributed by atoms with E-state index in [2.05, 4.69) is 33.8 Å². The lowest BCUT2D eigenvalue weighted by molar-refractivity contribution is -0.130. The van der Waals surface area contributed by atoms with Crippen molar-refractivity contribution in [1.82, 2.24) is 21.7 Å². The fourth-order valence-electron chi connectivity index (χ4n) is 3.18. The monoisotopic (exact) mass is 396 g/mol. The third-order valence-electron chi connectivity index (χ3n) is 4.82. The topological polar surface area (TPSA) is 91.5 Å². The van der Waals surface area contributed by atoms with Crippen LogP contribution < -0.4 is 21.7 Å². The Balaban J connectivity index is 1.24. The molecule has 1 heterocycles. The molecule has 4 N–H and O–H groups in total. The van der Waals surface area contributed by atoms with Gasteiger partial charge in [0.1, 0.15) is 6.04 Å². The van der Waals surface area contributed by atoms with E-state index in [-0.39, 0.29) is 17.9 Å². The second-order valence-corrected chi connectivity index (χ2v) is 7.03. The van der Waals surface area contributed by atoms with E-state index in [0.29, 0.717) is 32.5 Å². The van der Waals surface area contributed by atoms with Crippen molar-refractivity contribution in [3.8, 4) is 0 Å². The minimum Gasteiger partial charge on any atom is -0.381 e. The third-order valence-corrected chi connectivity index (χ3v) is 4.82. The van der Waals surface area contributed by atoms with E-state index in [4.69, 9.17) is 4.74 Å². The molecule has 0 aromatic heterocycles. The second-order valence-electron chi connectivity index (χ2n) is 7.03. The van der Waals surface area contributed by atoms with E-state index < -0.39 is 6.04 Å². The summed E-state index contributed by atoms with van der Waals surface area (Å²) in [5, 5.41) is 0. The molecule has 2 unspecified atom stereocenters. The van der Waals surface area contributed by atoms with Crippen molar-refractivity contribution >= 4 is 11.8 Å². The van der Waals surface area contributed by atoms with Gasteiger partial charge in [0.15, 0.2) is 0 Å². The standard InChI is InChI=1S/C22H28N4O3/c27-21(12-7-14-29-15-13-17-8-3-1-4-9-17)25-26-22(28)20-16-19(23-24-20)18-10-5-2-6-11-18/h1-6,8-11,19-20,23-24H,7,12-16H2,(H,25,27)(H,26,28). The van der Waals surface area contributed by atoms with Gasteiger partial charge < -0.3 is 4.74 Å². The van der Waals surface area contributed by atoms with Gasteiger partial charge in [-0.25, -0.2) is 10.9 Å². The first-order valence-electron chi connectivity index (χ1n) is 9.99. The molecule has 0 bridgehead atoms. The van der Waals surface area contributed by atoms with Crippen LogP contribution in [0.25, 0.3) is 0 Å². The molecule has 3 rings (SSSR count). The van der Waals surface area contributed by atoms with Gasteiger partial charge in [0, 0.05) is 19.1 Å². The number of hydrogen-bond donors (Lipinski definition) is 4. The quantitative estimate of drug-likeness (QED) is 0.383. The lowest BCUT2D eigenvalue weighted by Gasteiger charge is -2.12. The SMILES string of the molecule is O=C(CCCOCCc1ccccc1)NNC(=O)C1CC(c2ccccc2)NN1. The highest BCUT2D eigenvalue weighted by Gasteiger charge is 2.30. The Hall–Kier alpha value is -2.74. The molecule has 2 aromatic carbocycles. The van der Waals surface area contributed by atoms with E-state index in [0.717, 1.165) is 12.0 Å². The average molecular weight is 396 g/mol. The van der Waals surface area contributed by atoms with Gasteiger partial charge in [-0.05, 0) is 30.4 Å². The lowest BCUT2D eigenvalue weighted by Crippen LogP contribution is -2.50. The molecule has 1 fully saturated rings. The fraction of sp³-hybridized carbons (Fsp3) is 0.364. The molecule has 7 heteroatoms. The average Bonchev–Trinajstić information content (AvgIpc) is 3.26. The van der Waals surface area contributed by atoms with Crippen molar-refractivity contribution in [3.05, 3.63) is 71.8 Å². The first-order chi connectivity index (χ1) is 14.2. The molecule has 7 nitrogen and oxygen atoms in total. The molecule has 2 aromatic rings. The Morgan fingerprint density at radius 1 is 0.931 bits per heavy atom. The number of hydrazine groups is 2. The van der Waals surface area contributed by atoms with Crippen LogP contribution in [-0.2, 0) is 20.7 Å². The molecule has 1 aliphatic heterocycles. The summed E-state index contributed by atoms with van der Waals surface area (Å²) in [7, 11) is 0. The third kappa shape index (κ3) is 6.98. The van der Waals surface area contributed by atoms with Gasteiger partial charge in [-0.1, -0.05) is 60.7 Å². The van der Waals surface area contributed by atoms with E-state index >= 15 is 0 Å². The summed E-state index contributed by atoms with van der Waals surface area (Å²) in [6.07, 6.45) is 2.38. The van der Waals surface area contributed by atoms with Gasteiger partial charge in [0.05, 0.1) is 6.61 Å². The largest absolute Gasteiger partial charge is 0.381 e. The molecule has 29 heavy (non-hydrogen) atoms. The molecule has 1 saturated heterocycles. The van der Waals surface area contributed by atoms with Crippen LogP contribution in [0.1, 0.15) is 36.4 Å². The second kappa shape index (κ2) is 11.3. The summed E-state index contributed by atoms with van der Waals surface area (Å²) >= 11 is 0. The maximum absolute atomic E-state index is 12.2. The molecule has 0 radical (unpaired) electrons. The van der Waals surface area contributed by atoms with Gasteiger partial charge in [0.2, 0.25) is 5.91 Å². The molecule has 1 aliphatic rings. The van der Waals surface area contributed by atoms with Crippen LogP contribution >= 0.6 is 0 Å². The summed E-state index contributed by atoms with van der Waals surface area (Å²) < 4.78 is 5.56. The first-order valence-corrected chi connectivity index (χ1v) is 9.99. The van der Waals surface area contributed by atoms with Crippen LogP contribution in [0.15, 0.2) is 60.7 Å². The Kier molecular flexibility index (Phi) is 8.18. The van der Waals surface area contributed by atoms with Crippen LogP contribution in [-0.4, -0.2) is 31.1 Å². The number of carbonyl (C=O) groups is 2. The highest BCUT2D eigenvalue weighted by Crippen LogP contribution is 2.21. The van der Waals surface area contributed by atoms with Crippen LogP contribution in [0.3, 0.4) is 0 Å². The van der Waals surface area contributed by atoms with E-state index in [1.54, 1.807) is 0 Å². The smallest absolute Gasteiger partial charge is 0.256 e. The number of nitrogens with one attached hydrogen (secondary N) is 4. The Morgan fingerprint density at radius 3 is 2.41 bits per heavy atom. The number of benzene rings is 2. The van der Waals surface area contributed by atoms with Crippen LogP contribution in [0.4, 0.5) is 0 Å². The summed E-state index contributed by atoms with van der Waals surface area (Å²) in [5.41, 5.74) is 13.4. The zero-order valence-electron chi connectivity index (χ0n) is 16.4. The summed E-state index contributed by atoms with van der Waals surface area (Å²) in [4.78, 5) is 24.1. The van der Waals surface area contributed by atoms with E-state index in [1.807, 2.05) is 48.5 Å². The van der Waals surface area contributed by atoms with Crippen LogP contribution in [0.5, 0.6) is 0 Å². The zero-order chi connectivity index (χ0) is 20.3. The minimum atomic E-state index is -0.401. The summed E-state index contributed by atoms with van der Waals surface area (Å²) in [6.45, 7) is 1.15. The molecule has 2 amide bonds. The van der Waals surface area contributed by atoms with Crippen LogP contribution in [0.2, 0.25) is 0 Å². The van der Waals surface area contributed by atoms with Crippen molar-refractivity contribution in [2.24, 2.45) is 0 Å². The van der Waals surface area contributed by atoms with Crippen molar-refractivity contribution in [2.75, 3.05) is 13.2 Å². The van der Waals surface area contributed by atoms with Crippen molar-refractivity contribution < 1.29 is 14.3 Å². The number of carbonyl (C=O) groups excluding carboxylic acids is 2. The van der Waals surface area contributed by atoms with Gasteiger partial charge in [0.25, 0.3) is 5.91 Å². The van der Waals surface area contributed by atoms with Gasteiger partial charge in [-0.3, -0.25) is 20.4 Å². The highest BCUT2D eigenvalue weighted by molar-refractivity contribution is 5.85. The molecule has 2 atom stereocenters. The molecule has 154 valence electrons. The molecular weight excluding hydrogens is 368 g/mol. The van der Waals surface area contributed by atoms with Gasteiger partial charge in [-0.15, -0.1) is 0 Å². The van der Waals surface area contributed by atoms with E-state index in [9.17, 15) is 9.59 Å². The molecule has 0 spiro atoms. The maximum atomic E-state index is 12.2. The van der Waals surface area contributed by atoms with Gasteiger partial charge in [-0.2, -0.15) is 0 Å². The predicted molar refractivity (Wildman–Crippen MR) is 110 cm³/mol. The van der Waals surface area contributed by atoms with Crippen molar-refractivity contribution in [2.45, 2.75) is 37.8 Å². The van der Waals surface area contributed by atoms with Crippen molar-refractivity contribution in [1.29, 1.82) is 0 Å². The number of ether oxygens (including phenoxy) is 1. The predicted octanol–water partition coefficient (Wildman–Crippen LogP) is 1.78. The minimum absolute atomic E-state index is 0.0655. The Labute approximate surface area is 171 Å². The van der Waals surface area contributed by atoms with Gasteiger partial charge >= 0.3 is 0 Å². The summed E-state index contributed by atoms with van der Waals surface area (Å²) in [5.74, 6) is -0.487. The number of rotatable bonds is 9.